The van der Waals surface area contributed by atoms with Crippen molar-refractivity contribution in [3.63, 3.8) is 0 Å². The molecule has 0 fully saturated rings. The minimum absolute atomic E-state index is 0.110. The fraction of sp³-hybridized carbons (Fsp3) is 0.0526. The SMILES string of the molecule is CC1(C)c2ccccc2-c2ccc(-c3cccc(N(c4ccc(-c5ccccc5)cc4)c4cccc(-c5ccccc5)c4)c3-c3ccc(-c4ccccc4)cc3)cc21. The molecule has 1 aliphatic carbocycles. The van der Waals surface area contributed by atoms with Crippen LogP contribution in [0, 0.1) is 0 Å². The molecule has 9 aromatic carbocycles. The van der Waals surface area contributed by atoms with Crippen molar-refractivity contribution >= 4 is 17.1 Å². The van der Waals surface area contributed by atoms with E-state index in [-0.39, 0.29) is 5.41 Å². The summed E-state index contributed by atoms with van der Waals surface area (Å²) in [6, 6.07) is 81.9. The summed E-state index contributed by atoms with van der Waals surface area (Å²) in [5.74, 6) is 0. The molecule has 0 aliphatic heterocycles. The smallest absolute Gasteiger partial charge is 0.0546 e. The van der Waals surface area contributed by atoms with Gasteiger partial charge in [-0.2, -0.15) is 0 Å². The molecule has 0 radical (unpaired) electrons. The molecule has 0 unspecified atom stereocenters. The molecule has 0 atom stereocenters. The largest absolute Gasteiger partial charge is 0.310 e. The van der Waals surface area contributed by atoms with E-state index in [0.29, 0.717) is 0 Å². The lowest BCUT2D eigenvalue weighted by molar-refractivity contribution is 0.660. The number of rotatable bonds is 8. The summed E-state index contributed by atoms with van der Waals surface area (Å²) in [7, 11) is 0. The van der Waals surface area contributed by atoms with E-state index in [4.69, 9.17) is 0 Å². The van der Waals surface area contributed by atoms with Gasteiger partial charge in [0.1, 0.15) is 0 Å². The number of nitrogens with zero attached hydrogens (tertiary/aromatic N) is 1. The normalized spacial score (nSPS) is 12.4. The molecular weight excluding hydrogens is 699 g/mol. The molecule has 0 saturated heterocycles. The van der Waals surface area contributed by atoms with Crippen molar-refractivity contribution in [2.45, 2.75) is 19.3 Å². The predicted molar refractivity (Wildman–Crippen MR) is 246 cm³/mol. The lowest BCUT2D eigenvalue weighted by atomic mass is 9.81. The van der Waals surface area contributed by atoms with E-state index in [1.54, 1.807) is 0 Å². The van der Waals surface area contributed by atoms with E-state index in [2.05, 4.69) is 243 Å². The van der Waals surface area contributed by atoms with Crippen LogP contribution in [0.25, 0.3) is 66.8 Å². The first-order valence-electron chi connectivity index (χ1n) is 20.2. The predicted octanol–water partition coefficient (Wildman–Crippen LogP) is 15.8. The van der Waals surface area contributed by atoms with Crippen LogP contribution in [-0.2, 0) is 5.41 Å². The second kappa shape index (κ2) is 14.7. The fourth-order valence-corrected chi connectivity index (χ4v) is 8.92. The van der Waals surface area contributed by atoms with Gasteiger partial charge < -0.3 is 4.90 Å². The van der Waals surface area contributed by atoms with E-state index in [9.17, 15) is 0 Å². The van der Waals surface area contributed by atoms with Gasteiger partial charge in [0.25, 0.3) is 0 Å². The van der Waals surface area contributed by atoms with Crippen LogP contribution in [0.15, 0.2) is 224 Å². The van der Waals surface area contributed by atoms with Crippen LogP contribution in [0.2, 0.25) is 0 Å². The highest BCUT2D eigenvalue weighted by Gasteiger charge is 2.35. The second-order valence-corrected chi connectivity index (χ2v) is 15.7. The van der Waals surface area contributed by atoms with E-state index < -0.39 is 0 Å². The molecule has 58 heavy (non-hydrogen) atoms. The number of benzene rings is 9. The summed E-state index contributed by atoms with van der Waals surface area (Å²) in [4.78, 5) is 2.44. The Bertz CT molecular complexity index is 2870. The van der Waals surface area contributed by atoms with Gasteiger partial charge in [-0.1, -0.05) is 202 Å². The summed E-state index contributed by atoms with van der Waals surface area (Å²) in [5, 5.41) is 0. The molecule has 0 bridgehead atoms. The van der Waals surface area contributed by atoms with Crippen LogP contribution in [0.3, 0.4) is 0 Å². The molecular formula is C57H43N. The van der Waals surface area contributed by atoms with Crippen LogP contribution < -0.4 is 4.90 Å². The Labute approximate surface area is 342 Å². The van der Waals surface area contributed by atoms with Gasteiger partial charge in [0.2, 0.25) is 0 Å². The van der Waals surface area contributed by atoms with E-state index in [1.807, 2.05) is 0 Å². The summed E-state index contributed by atoms with van der Waals surface area (Å²) in [6.45, 7) is 4.73. The monoisotopic (exact) mass is 741 g/mol. The number of fused-ring (bicyclic) bond motifs is 3. The summed E-state index contributed by atoms with van der Waals surface area (Å²) >= 11 is 0. The van der Waals surface area contributed by atoms with Crippen molar-refractivity contribution < 1.29 is 0 Å². The van der Waals surface area contributed by atoms with E-state index >= 15 is 0 Å². The van der Waals surface area contributed by atoms with E-state index in [0.717, 1.165) is 17.1 Å². The lowest BCUT2D eigenvalue weighted by Crippen LogP contribution is -2.15. The Morgan fingerprint density at radius 2 is 0.759 bits per heavy atom. The first-order chi connectivity index (χ1) is 28.5. The van der Waals surface area contributed by atoms with Gasteiger partial charge >= 0.3 is 0 Å². The van der Waals surface area contributed by atoms with Gasteiger partial charge in [0.05, 0.1) is 5.69 Å². The Morgan fingerprint density at radius 1 is 0.293 bits per heavy atom. The average Bonchev–Trinajstić information content (AvgIpc) is 3.53. The maximum absolute atomic E-state index is 2.45. The van der Waals surface area contributed by atoms with Crippen LogP contribution in [0.4, 0.5) is 17.1 Å². The quantitative estimate of drug-likeness (QED) is 0.150. The zero-order valence-corrected chi connectivity index (χ0v) is 32.8. The maximum atomic E-state index is 2.45. The van der Waals surface area contributed by atoms with Crippen LogP contribution >= 0.6 is 0 Å². The first kappa shape index (κ1) is 35.2. The van der Waals surface area contributed by atoms with Crippen LogP contribution in [0.1, 0.15) is 25.0 Å². The third-order valence-corrected chi connectivity index (χ3v) is 11.9. The fourth-order valence-electron chi connectivity index (χ4n) is 8.92. The summed E-state index contributed by atoms with van der Waals surface area (Å²) in [6.07, 6.45) is 0. The third-order valence-electron chi connectivity index (χ3n) is 11.9. The summed E-state index contributed by atoms with van der Waals surface area (Å²) < 4.78 is 0. The molecule has 1 nitrogen and oxygen atoms in total. The number of hydrogen-bond acceptors (Lipinski definition) is 1. The molecule has 10 rings (SSSR count). The number of anilines is 3. The Hall–Kier alpha value is -7.22. The van der Waals surface area contributed by atoms with Crippen molar-refractivity contribution in [1.29, 1.82) is 0 Å². The highest BCUT2D eigenvalue weighted by molar-refractivity contribution is 5.98. The van der Waals surface area contributed by atoms with Crippen molar-refractivity contribution in [1.82, 2.24) is 0 Å². The molecule has 1 aliphatic rings. The first-order valence-corrected chi connectivity index (χ1v) is 20.2. The summed E-state index contributed by atoms with van der Waals surface area (Å²) in [5.41, 5.74) is 20.5. The highest BCUT2D eigenvalue weighted by Crippen LogP contribution is 2.51. The molecule has 0 spiro atoms. The highest BCUT2D eigenvalue weighted by atomic mass is 15.1. The number of hydrogen-bond donors (Lipinski definition) is 0. The standard InChI is InChI=1S/C57H43N/c1-57(2)53-26-13-12-24-51(53)52-37-34-47(39-54(52)57)50-25-15-27-55(56(50)45-30-28-43(29-31-45)40-16-6-3-7-17-40)58(48-35-32-44(33-36-48)41-18-8-4-9-19-41)49-23-14-22-46(38-49)42-20-10-5-11-21-42/h3-39H,1-2H3. The third kappa shape index (κ3) is 6.32. The van der Waals surface area contributed by atoms with Crippen LogP contribution in [-0.4, -0.2) is 0 Å². The van der Waals surface area contributed by atoms with E-state index in [1.165, 1.54) is 77.9 Å². The topological polar surface area (TPSA) is 3.24 Å². The average molecular weight is 742 g/mol. The lowest BCUT2D eigenvalue weighted by Gasteiger charge is -2.30. The minimum Gasteiger partial charge on any atom is -0.310 e. The van der Waals surface area contributed by atoms with Crippen molar-refractivity contribution in [3.05, 3.63) is 236 Å². The van der Waals surface area contributed by atoms with Gasteiger partial charge in [-0.25, -0.2) is 0 Å². The van der Waals surface area contributed by atoms with Crippen molar-refractivity contribution in [2.75, 3.05) is 4.90 Å². The van der Waals surface area contributed by atoms with Crippen molar-refractivity contribution in [3.8, 4) is 66.8 Å². The van der Waals surface area contributed by atoms with Crippen molar-refractivity contribution in [2.24, 2.45) is 0 Å². The van der Waals surface area contributed by atoms with Gasteiger partial charge in [0, 0.05) is 22.4 Å². The Morgan fingerprint density at radius 3 is 1.41 bits per heavy atom. The zero-order valence-electron chi connectivity index (χ0n) is 32.8. The molecule has 0 saturated carbocycles. The Balaban J connectivity index is 1.20. The Kier molecular flexibility index (Phi) is 8.92. The van der Waals surface area contributed by atoms with Gasteiger partial charge in [-0.05, 0) is 109 Å². The molecule has 0 aromatic heterocycles. The van der Waals surface area contributed by atoms with Crippen LogP contribution in [0.5, 0.6) is 0 Å². The molecule has 1 heteroatoms. The van der Waals surface area contributed by atoms with Gasteiger partial charge in [0.15, 0.2) is 0 Å². The molecule has 0 amide bonds. The molecule has 276 valence electrons. The minimum atomic E-state index is -0.110. The molecule has 0 N–H and O–H groups in total. The molecule has 9 aromatic rings. The van der Waals surface area contributed by atoms with Gasteiger partial charge in [-0.3, -0.25) is 0 Å². The maximum Gasteiger partial charge on any atom is 0.0546 e. The zero-order chi connectivity index (χ0) is 39.1. The van der Waals surface area contributed by atoms with Gasteiger partial charge in [-0.15, -0.1) is 0 Å². The second-order valence-electron chi connectivity index (χ2n) is 15.7. The molecule has 0 heterocycles.